The highest BCUT2D eigenvalue weighted by Crippen LogP contribution is 2.16. The summed E-state index contributed by atoms with van der Waals surface area (Å²) in [7, 11) is 0. The standard InChI is InChI=1S/C14H20O8/c1-7(2)21-11(15)5-9(13(17)18)10(14(19)20)6-12(16)22-8(3)4/h7-8H,5-6H2,1-4H3,(H,17,18)(H,19,20)/b10-9+. The van der Waals surface area contributed by atoms with Crippen LogP contribution in [0, 0.1) is 0 Å². The minimum atomic E-state index is -1.60. The van der Waals surface area contributed by atoms with Gasteiger partial charge >= 0.3 is 23.9 Å². The molecule has 2 N–H and O–H groups in total. The smallest absolute Gasteiger partial charge is 0.332 e. The van der Waals surface area contributed by atoms with Crippen molar-refractivity contribution in [2.45, 2.75) is 52.7 Å². The molecule has 0 fully saturated rings. The fraction of sp³-hybridized carbons (Fsp3) is 0.571. The first-order valence-corrected chi connectivity index (χ1v) is 6.62. The molecule has 0 atom stereocenters. The van der Waals surface area contributed by atoms with Crippen LogP contribution in [0.2, 0.25) is 0 Å². The van der Waals surface area contributed by atoms with Crippen LogP contribution < -0.4 is 0 Å². The summed E-state index contributed by atoms with van der Waals surface area (Å²) in [5, 5.41) is 18.2. The zero-order valence-corrected chi connectivity index (χ0v) is 12.9. The summed E-state index contributed by atoms with van der Waals surface area (Å²) in [5.41, 5.74) is -1.39. The predicted molar refractivity (Wildman–Crippen MR) is 74.0 cm³/mol. The van der Waals surface area contributed by atoms with Crippen LogP contribution in [0.3, 0.4) is 0 Å². The molecule has 0 heterocycles. The fourth-order valence-corrected chi connectivity index (χ4v) is 1.52. The monoisotopic (exact) mass is 316 g/mol. The van der Waals surface area contributed by atoms with E-state index < -0.39 is 60.1 Å². The molecule has 0 bridgehead atoms. The number of ether oxygens (including phenoxy) is 2. The zero-order valence-electron chi connectivity index (χ0n) is 12.9. The average Bonchev–Trinajstić information content (AvgIpc) is 2.30. The quantitative estimate of drug-likeness (QED) is 0.504. The van der Waals surface area contributed by atoms with Crippen molar-refractivity contribution >= 4 is 23.9 Å². The molecule has 0 saturated heterocycles. The lowest BCUT2D eigenvalue weighted by Crippen LogP contribution is -2.21. The second-order valence-electron chi connectivity index (χ2n) is 5.00. The highest BCUT2D eigenvalue weighted by atomic mass is 16.5. The molecule has 22 heavy (non-hydrogen) atoms. The predicted octanol–water partition coefficient (Wildman–Crippen LogP) is 1.14. The van der Waals surface area contributed by atoms with Gasteiger partial charge in [-0.3, -0.25) is 9.59 Å². The second-order valence-corrected chi connectivity index (χ2v) is 5.00. The van der Waals surface area contributed by atoms with Gasteiger partial charge in [-0.25, -0.2) is 9.59 Å². The first-order chi connectivity index (χ1) is 10.0. The summed E-state index contributed by atoms with van der Waals surface area (Å²) in [6.45, 7) is 6.28. The van der Waals surface area contributed by atoms with Crippen LogP contribution in [0.4, 0.5) is 0 Å². The lowest BCUT2D eigenvalue weighted by molar-refractivity contribution is -0.149. The number of aliphatic carboxylic acids is 2. The molecule has 0 aliphatic heterocycles. The van der Waals surface area contributed by atoms with Crippen LogP contribution in [0.15, 0.2) is 11.1 Å². The Morgan fingerprint density at radius 2 is 1.00 bits per heavy atom. The lowest BCUT2D eigenvalue weighted by atomic mass is 10.0. The van der Waals surface area contributed by atoms with Gasteiger partial charge in [0, 0.05) is 0 Å². The van der Waals surface area contributed by atoms with E-state index in [2.05, 4.69) is 0 Å². The third-order valence-electron chi connectivity index (χ3n) is 2.26. The number of hydrogen-bond donors (Lipinski definition) is 2. The Kier molecular flexibility index (Phi) is 7.85. The molecule has 0 radical (unpaired) electrons. The van der Waals surface area contributed by atoms with Gasteiger partial charge in [0.15, 0.2) is 0 Å². The first kappa shape index (κ1) is 19.6. The topological polar surface area (TPSA) is 127 Å². The van der Waals surface area contributed by atoms with Crippen molar-refractivity contribution in [1.82, 2.24) is 0 Å². The number of hydrogen-bond acceptors (Lipinski definition) is 6. The molecule has 0 aromatic heterocycles. The maximum atomic E-state index is 11.5. The summed E-state index contributed by atoms with van der Waals surface area (Å²) in [6.07, 6.45) is -2.43. The van der Waals surface area contributed by atoms with Gasteiger partial charge in [0.05, 0.1) is 36.2 Å². The molecular weight excluding hydrogens is 296 g/mol. The third-order valence-corrected chi connectivity index (χ3v) is 2.26. The lowest BCUT2D eigenvalue weighted by Gasteiger charge is -2.12. The van der Waals surface area contributed by atoms with Crippen molar-refractivity contribution in [2.24, 2.45) is 0 Å². The number of rotatable bonds is 8. The molecule has 8 heteroatoms. The summed E-state index contributed by atoms with van der Waals surface area (Å²) in [4.78, 5) is 45.4. The van der Waals surface area contributed by atoms with Gasteiger partial charge in [0.1, 0.15) is 0 Å². The van der Waals surface area contributed by atoms with Crippen molar-refractivity contribution in [2.75, 3.05) is 0 Å². The second kappa shape index (κ2) is 8.81. The first-order valence-electron chi connectivity index (χ1n) is 6.62. The molecule has 0 amide bonds. The molecule has 0 aromatic rings. The fourth-order valence-electron chi connectivity index (χ4n) is 1.52. The van der Waals surface area contributed by atoms with Crippen molar-refractivity contribution in [3.05, 3.63) is 11.1 Å². The number of esters is 2. The molecule has 0 aliphatic rings. The number of carboxylic acid groups (broad SMARTS) is 2. The van der Waals surface area contributed by atoms with Crippen molar-refractivity contribution in [1.29, 1.82) is 0 Å². The maximum Gasteiger partial charge on any atom is 0.332 e. The van der Waals surface area contributed by atoms with E-state index in [0.717, 1.165) is 0 Å². The van der Waals surface area contributed by atoms with Gasteiger partial charge in [-0.2, -0.15) is 0 Å². The van der Waals surface area contributed by atoms with E-state index in [1.54, 1.807) is 27.7 Å². The summed E-state index contributed by atoms with van der Waals surface area (Å²) < 4.78 is 9.57. The van der Waals surface area contributed by atoms with E-state index in [0.29, 0.717) is 0 Å². The highest BCUT2D eigenvalue weighted by Gasteiger charge is 2.26. The van der Waals surface area contributed by atoms with Crippen LogP contribution in [0.25, 0.3) is 0 Å². The Morgan fingerprint density at radius 3 is 1.18 bits per heavy atom. The molecule has 8 nitrogen and oxygen atoms in total. The van der Waals surface area contributed by atoms with Crippen molar-refractivity contribution in [3.8, 4) is 0 Å². The van der Waals surface area contributed by atoms with E-state index in [1.165, 1.54) is 0 Å². The van der Waals surface area contributed by atoms with Gasteiger partial charge in [-0.1, -0.05) is 0 Å². The normalized spacial score (nSPS) is 11.9. The molecule has 124 valence electrons. The van der Waals surface area contributed by atoms with Gasteiger partial charge in [-0.15, -0.1) is 0 Å². The van der Waals surface area contributed by atoms with Gasteiger partial charge < -0.3 is 19.7 Å². The molecular formula is C14H20O8. The largest absolute Gasteiger partial charge is 0.478 e. The third kappa shape index (κ3) is 7.41. The Bertz CT molecular complexity index is 443. The molecule has 0 saturated carbocycles. The SMILES string of the molecule is CC(C)OC(=O)C/C(C(=O)O)=C(/CC(=O)OC(C)C)C(=O)O. The minimum absolute atomic E-state index is 0.471. The van der Waals surface area contributed by atoms with Gasteiger partial charge in [0.2, 0.25) is 0 Å². The molecule has 0 unspecified atom stereocenters. The van der Waals surface area contributed by atoms with Crippen LogP contribution in [0.1, 0.15) is 40.5 Å². The highest BCUT2D eigenvalue weighted by molar-refractivity contribution is 6.04. The Morgan fingerprint density at radius 1 is 0.727 bits per heavy atom. The van der Waals surface area contributed by atoms with Gasteiger partial charge in [-0.05, 0) is 27.7 Å². The summed E-state index contributed by atoms with van der Waals surface area (Å²) in [6, 6.07) is 0. The van der Waals surface area contributed by atoms with Crippen LogP contribution in [-0.2, 0) is 28.7 Å². The van der Waals surface area contributed by atoms with Crippen molar-refractivity contribution < 1.29 is 38.9 Å². The van der Waals surface area contributed by atoms with Crippen LogP contribution in [-0.4, -0.2) is 46.3 Å². The van der Waals surface area contributed by atoms with Crippen molar-refractivity contribution in [3.63, 3.8) is 0 Å². The minimum Gasteiger partial charge on any atom is -0.478 e. The summed E-state index contributed by atoms with van der Waals surface area (Å²) in [5.74, 6) is -4.97. The van der Waals surface area contributed by atoms with E-state index in [-0.39, 0.29) is 0 Å². The van der Waals surface area contributed by atoms with Crippen LogP contribution in [0.5, 0.6) is 0 Å². The Labute approximate surface area is 127 Å². The van der Waals surface area contributed by atoms with E-state index in [9.17, 15) is 19.2 Å². The Hall–Kier alpha value is -2.38. The number of carbonyl (C=O) groups is 4. The molecule has 0 spiro atoms. The average molecular weight is 316 g/mol. The zero-order chi connectivity index (χ0) is 17.4. The van der Waals surface area contributed by atoms with Crippen LogP contribution >= 0.6 is 0 Å². The maximum absolute atomic E-state index is 11.5. The van der Waals surface area contributed by atoms with E-state index >= 15 is 0 Å². The number of carbonyl (C=O) groups excluding carboxylic acids is 2. The molecule has 0 aromatic carbocycles. The Balaban J connectivity index is 5.39. The number of carboxylic acids is 2. The summed E-state index contributed by atoms with van der Waals surface area (Å²) >= 11 is 0. The van der Waals surface area contributed by atoms with E-state index in [1.807, 2.05) is 0 Å². The molecule has 0 aliphatic carbocycles. The molecule has 0 rings (SSSR count). The van der Waals surface area contributed by atoms with Gasteiger partial charge in [0.25, 0.3) is 0 Å². The van der Waals surface area contributed by atoms with E-state index in [4.69, 9.17) is 19.7 Å².